The number of nitrogens with zero attached hydrogens (tertiary/aromatic N) is 3. The van der Waals surface area contributed by atoms with Crippen molar-refractivity contribution in [2.24, 2.45) is 0 Å². The third kappa shape index (κ3) is 3.83. The van der Waals surface area contributed by atoms with Crippen LogP contribution in [0.25, 0.3) is 10.6 Å². The van der Waals surface area contributed by atoms with Crippen LogP contribution in [0.1, 0.15) is 23.9 Å². The quantitative estimate of drug-likeness (QED) is 0.483. The molecule has 0 spiro atoms. The van der Waals surface area contributed by atoms with Crippen LogP contribution >= 0.6 is 11.3 Å². The van der Waals surface area contributed by atoms with Crippen molar-refractivity contribution in [3.63, 3.8) is 0 Å². The zero-order valence-electron chi connectivity index (χ0n) is 12.1. The van der Waals surface area contributed by atoms with E-state index in [4.69, 9.17) is 0 Å². The van der Waals surface area contributed by atoms with Crippen LogP contribution in [-0.4, -0.2) is 28.2 Å². The van der Waals surface area contributed by atoms with Gasteiger partial charge in [0.05, 0.1) is 10.5 Å². The van der Waals surface area contributed by atoms with Gasteiger partial charge in [0.25, 0.3) is 5.69 Å². The number of nitro benzene ring substituents is 1. The fraction of sp³-hybridized carbons (Fsp3) is 0.429. The average Bonchev–Trinajstić information content (AvgIpc) is 2.91. The zero-order chi connectivity index (χ0) is 15.2. The Bertz CT molecular complexity index is 627. The van der Waals surface area contributed by atoms with Crippen LogP contribution in [0.5, 0.6) is 0 Å². The van der Waals surface area contributed by atoms with Gasteiger partial charge < -0.3 is 5.32 Å². The molecular formula is C14H18N4O2S. The molecule has 112 valence electrons. The van der Waals surface area contributed by atoms with Crippen LogP contribution in [0.15, 0.2) is 18.2 Å². The molecule has 0 radical (unpaired) electrons. The second kappa shape index (κ2) is 7.24. The molecule has 0 bridgehead atoms. The summed E-state index contributed by atoms with van der Waals surface area (Å²) in [6.07, 6.45) is 1.82. The van der Waals surface area contributed by atoms with Gasteiger partial charge in [-0.3, -0.25) is 10.1 Å². The Kier molecular flexibility index (Phi) is 5.35. The van der Waals surface area contributed by atoms with Gasteiger partial charge in [0.15, 0.2) is 5.01 Å². The highest BCUT2D eigenvalue weighted by molar-refractivity contribution is 7.14. The number of rotatable bonds is 7. The zero-order valence-corrected chi connectivity index (χ0v) is 12.9. The van der Waals surface area contributed by atoms with Crippen LogP contribution in [0.3, 0.4) is 0 Å². The molecule has 7 heteroatoms. The monoisotopic (exact) mass is 306 g/mol. The van der Waals surface area contributed by atoms with Crippen molar-refractivity contribution in [1.82, 2.24) is 15.5 Å². The molecule has 0 aliphatic rings. The topological polar surface area (TPSA) is 81.0 Å². The Balaban J connectivity index is 2.20. The van der Waals surface area contributed by atoms with E-state index in [-0.39, 0.29) is 10.6 Å². The summed E-state index contributed by atoms with van der Waals surface area (Å²) in [6.45, 7) is 5.82. The van der Waals surface area contributed by atoms with Crippen LogP contribution < -0.4 is 5.32 Å². The molecule has 0 saturated carbocycles. The first kappa shape index (κ1) is 15.5. The summed E-state index contributed by atoms with van der Waals surface area (Å²) >= 11 is 1.44. The summed E-state index contributed by atoms with van der Waals surface area (Å²) in [4.78, 5) is 10.8. The van der Waals surface area contributed by atoms with Crippen LogP contribution in [0.4, 0.5) is 5.69 Å². The summed E-state index contributed by atoms with van der Waals surface area (Å²) in [7, 11) is 0. The molecule has 0 saturated heterocycles. The normalized spacial score (nSPS) is 10.8. The van der Waals surface area contributed by atoms with Crippen molar-refractivity contribution in [2.45, 2.75) is 26.7 Å². The van der Waals surface area contributed by atoms with Gasteiger partial charge >= 0.3 is 0 Å². The van der Waals surface area contributed by atoms with Crippen molar-refractivity contribution in [3.8, 4) is 10.6 Å². The molecule has 0 aliphatic heterocycles. The smallest absolute Gasteiger partial charge is 0.279 e. The minimum absolute atomic E-state index is 0.0883. The van der Waals surface area contributed by atoms with Gasteiger partial charge in [-0.15, -0.1) is 10.2 Å². The van der Waals surface area contributed by atoms with E-state index >= 15 is 0 Å². The minimum Gasteiger partial charge on any atom is -0.317 e. The number of hydrogen-bond acceptors (Lipinski definition) is 6. The maximum atomic E-state index is 11.2. The summed E-state index contributed by atoms with van der Waals surface area (Å²) in [6, 6.07) is 5.05. The Morgan fingerprint density at radius 1 is 1.38 bits per heavy atom. The number of aryl methyl sites for hydroxylation is 2. The minimum atomic E-state index is -0.366. The largest absolute Gasteiger partial charge is 0.317 e. The van der Waals surface area contributed by atoms with Crippen LogP contribution in [-0.2, 0) is 6.42 Å². The molecule has 2 aromatic rings. The molecule has 0 unspecified atom stereocenters. The molecule has 1 heterocycles. The molecule has 0 aliphatic carbocycles. The van der Waals surface area contributed by atoms with E-state index in [1.807, 2.05) is 13.0 Å². The summed E-state index contributed by atoms with van der Waals surface area (Å²) in [5.41, 5.74) is 1.52. The van der Waals surface area contributed by atoms with Crippen molar-refractivity contribution < 1.29 is 4.92 Å². The second-order valence-corrected chi connectivity index (χ2v) is 5.75. The van der Waals surface area contributed by atoms with Crippen molar-refractivity contribution in [1.29, 1.82) is 0 Å². The standard InChI is InChI=1S/C14H18N4O2S/c1-3-15-9-5-8-12-16-17-14(21-12)13-10(2)6-4-7-11(13)18(19)20/h4,6-7,15H,3,5,8-9H2,1-2H3. The lowest BCUT2D eigenvalue weighted by atomic mass is 10.1. The molecule has 0 fully saturated rings. The molecule has 2 rings (SSSR count). The van der Waals surface area contributed by atoms with Gasteiger partial charge in [-0.05, 0) is 32.0 Å². The van der Waals surface area contributed by atoms with Crippen molar-refractivity contribution in [3.05, 3.63) is 38.9 Å². The maximum absolute atomic E-state index is 11.2. The van der Waals surface area contributed by atoms with Gasteiger partial charge in [0.2, 0.25) is 0 Å². The SMILES string of the molecule is CCNCCCc1nnc(-c2c(C)cccc2[N+](=O)[O-])s1. The molecule has 1 N–H and O–H groups in total. The molecule has 0 amide bonds. The number of nitrogens with one attached hydrogen (secondary N) is 1. The molecule has 6 nitrogen and oxygen atoms in total. The van der Waals surface area contributed by atoms with E-state index < -0.39 is 0 Å². The van der Waals surface area contributed by atoms with Crippen molar-refractivity contribution >= 4 is 17.0 Å². The van der Waals surface area contributed by atoms with E-state index in [1.165, 1.54) is 17.4 Å². The molecule has 21 heavy (non-hydrogen) atoms. The number of benzene rings is 1. The first-order valence-corrected chi connectivity index (χ1v) is 7.72. The molecule has 1 aromatic heterocycles. The molecule has 1 aromatic carbocycles. The Hall–Kier alpha value is -1.86. The first-order chi connectivity index (χ1) is 10.1. The van der Waals surface area contributed by atoms with E-state index in [9.17, 15) is 10.1 Å². The number of hydrogen-bond donors (Lipinski definition) is 1. The lowest BCUT2D eigenvalue weighted by Gasteiger charge is -2.02. The lowest BCUT2D eigenvalue weighted by molar-refractivity contribution is -0.384. The Morgan fingerprint density at radius 2 is 2.19 bits per heavy atom. The predicted molar refractivity (Wildman–Crippen MR) is 83.6 cm³/mol. The fourth-order valence-corrected chi connectivity index (χ4v) is 3.08. The van der Waals surface area contributed by atoms with Crippen LogP contribution in [0, 0.1) is 17.0 Å². The molecular weight excluding hydrogens is 288 g/mol. The first-order valence-electron chi connectivity index (χ1n) is 6.91. The van der Waals surface area contributed by atoms with E-state index in [0.29, 0.717) is 10.6 Å². The maximum Gasteiger partial charge on any atom is 0.279 e. The van der Waals surface area contributed by atoms with Crippen LogP contribution in [0.2, 0.25) is 0 Å². The van der Waals surface area contributed by atoms with Gasteiger partial charge in [-0.25, -0.2) is 0 Å². The lowest BCUT2D eigenvalue weighted by Crippen LogP contribution is -2.14. The third-order valence-corrected chi connectivity index (χ3v) is 4.12. The molecule has 0 atom stereocenters. The third-order valence-electron chi connectivity index (χ3n) is 3.12. The van der Waals surface area contributed by atoms with Gasteiger partial charge in [-0.1, -0.05) is 30.4 Å². The van der Waals surface area contributed by atoms with E-state index in [0.717, 1.165) is 36.5 Å². The van der Waals surface area contributed by atoms with Crippen molar-refractivity contribution in [2.75, 3.05) is 13.1 Å². The Morgan fingerprint density at radius 3 is 2.90 bits per heavy atom. The van der Waals surface area contributed by atoms with E-state index in [1.54, 1.807) is 6.07 Å². The summed E-state index contributed by atoms with van der Waals surface area (Å²) in [5, 5.41) is 24.2. The highest BCUT2D eigenvalue weighted by atomic mass is 32.1. The highest BCUT2D eigenvalue weighted by Gasteiger charge is 2.20. The second-order valence-electron chi connectivity index (χ2n) is 4.68. The fourth-order valence-electron chi connectivity index (χ4n) is 2.08. The summed E-state index contributed by atoms with van der Waals surface area (Å²) in [5.74, 6) is 0. The van der Waals surface area contributed by atoms with E-state index in [2.05, 4.69) is 22.4 Å². The number of aromatic nitrogens is 2. The van der Waals surface area contributed by atoms with Gasteiger partial charge in [-0.2, -0.15) is 0 Å². The highest BCUT2D eigenvalue weighted by Crippen LogP contribution is 2.34. The van der Waals surface area contributed by atoms with Gasteiger partial charge in [0.1, 0.15) is 5.01 Å². The summed E-state index contributed by atoms with van der Waals surface area (Å²) < 4.78 is 0. The average molecular weight is 306 g/mol. The van der Waals surface area contributed by atoms with Gasteiger partial charge in [0, 0.05) is 12.5 Å². The predicted octanol–water partition coefficient (Wildman–Crippen LogP) is 2.96. The number of nitro groups is 1. The Labute approximate surface area is 127 Å².